The van der Waals surface area contributed by atoms with Crippen molar-refractivity contribution in [3.63, 3.8) is 0 Å². The van der Waals surface area contributed by atoms with Gasteiger partial charge < -0.3 is 10.7 Å². The third kappa shape index (κ3) is 3.06. The molecule has 0 aliphatic heterocycles. The Morgan fingerprint density at radius 1 is 1.12 bits per heavy atom. The smallest absolute Gasteiger partial charge is 0.326 e. The third-order valence-corrected chi connectivity index (χ3v) is 3.92. The molecule has 2 amide bonds. The Morgan fingerprint density at radius 2 is 1.75 bits per heavy atom. The number of rotatable bonds is 3. The SMILES string of the molecule is NC(=O)N(c1ncc(-c2ccc(F)cc2)[nH]1)c1c(Cl)cccc1Cl. The first kappa shape index (κ1) is 16.3. The fraction of sp³-hybridized carbons (Fsp3) is 0. The van der Waals surface area contributed by atoms with Crippen molar-refractivity contribution in [2.75, 3.05) is 4.90 Å². The molecule has 24 heavy (non-hydrogen) atoms. The van der Waals surface area contributed by atoms with Crippen LogP contribution in [0.15, 0.2) is 48.7 Å². The van der Waals surface area contributed by atoms with Gasteiger partial charge in [-0.1, -0.05) is 29.3 Å². The Morgan fingerprint density at radius 3 is 2.33 bits per heavy atom. The molecule has 0 spiro atoms. The maximum Gasteiger partial charge on any atom is 0.326 e. The van der Waals surface area contributed by atoms with Gasteiger partial charge in [-0.25, -0.2) is 19.1 Å². The Bertz CT molecular complexity index is 875. The topological polar surface area (TPSA) is 75.0 Å². The van der Waals surface area contributed by atoms with Gasteiger partial charge in [-0.05, 0) is 42.0 Å². The van der Waals surface area contributed by atoms with Gasteiger partial charge >= 0.3 is 6.03 Å². The number of benzene rings is 2. The van der Waals surface area contributed by atoms with Crippen LogP contribution in [0.1, 0.15) is 0 Å². The second-order valence-corrected chi connectivity index (χ2v) is 5.69. The number of carbonyl (C=O) groups excluding carboxylic acids is 1. The lowest BCUT2D eigenvalue weighted by molar-refractivity contribution is 0.256. The molecule has 3 rings (SSSR count). The van der Waals surface area contributed by atoms with Gasteiger partial charge in [0.15, 0.2) is 0 Å². The maximum absolute atomic E-state index is 13.0. The van der Waals surface area contributed by atoms with Gasteiger partial charge in [-0.15, -0.1) is 0 Å². The first-order valence-corrected chi connectivity index (χ1v) is 7.57. The number of carbonyl (C=O) groups is 1. The Balaban J connectivity index is 2.05. The molecule has 0 aliphatic rings. The van der Waals surface area contributed by atoms with Crippen molar-refractivity contribution in [1.29, 1.82) is 0 Å². The molecule has 0 fully saturated rings. The summed E-state index contributed by atoms with van der Waals surface area (Å²) in [7, 11) is 0. The molecule has 5 nitrogen and oxygen atoms in total. The van der Waals surface area contributed by atoms with Crippen molar-refractivity contribution in [2.45, 2.75) is 0 Å². The van der Waals surface area contributed by atoms with E-state index in [9.17, 15) is 9.18 Å². The number of anilines is 2. The van der Waals surface area contributed by atoms with Crippen LogP contribution in [0.5, 0.6) is 0 Å². The molecule has 0 atom stereocenters. The molecule has 1 heterocycles. The molecule has 0 bridgehead atoms. The van der Waals surface area contributed by atoms with E-state index in [-0.39, 0.29) is 27.5 Å². The third-order valence-electron chi connectivity index (χ3n) is 3.31. The van der Waals surface area contributed by atoms with Gasteiger partial charge in [-0.2, -0.15) is 0 Å². The van der Waals surface area contributed by atoms with Crippen LogP contribution in [-0.4, -0.2) is 16.0 Å². The predicted molar refractivity (Wildman–Crippen MR) is 92.2 cm³/mol. The molecule has 0 aliphatic carbocycles. The molecular formula is C16H11Cl2FN4O. The quantitative estimate of drug-likeness (QED) is 0.704. The van der Waals surface area contributed by atoms with Crippen LogP contribution in [-0.2, 0) is 0 Å². The summed E-state index contributed by atoms with van der Waals surface area (Å²) in [5.41, 5.74) is 6.98. The zero-order valence-corrected chi connectivity index (χ0v) is 13.6. The largest absolute Gasteiger partial charge is 0.351 e. The van der Waals surface area contributed by atoms with E-state index in [1.165, 1.54) is 18.3 Å². The number of para-hydroxylation sites is 1. The number of halogens is 3. The molecule has 122 valence electrons. The average Bonchev–Trinajstić information content (AvgIpc) is 3.00. The number of hydrogen-bond donors (Lipinski definition) is 2. The molecular weight excluding hydrogens is 354 g/mol. The van der Waals surface area contributed by atoms with Gasteiger partial charge in [0, 0.05) is 0 Å². The summed E-state index contributed by atoms with van der Waals surface area (Å²) in [6, 6.07) is 9.85. The fourth-order valence-corrected chi connectivity index (χ4v) is 2.79. The minimum absolute atomic E-state index is 0.150. The van der Waals surface area contributed by atoms with Crippen LogP contribution in [0.25, 0.3) is 11.3 Å². The van der Waals surface area contributed by atoms with Crippen molar-refractivity contribution in [2.24, 2.45) is 5.73 Å². The number of nitrogens with two attached hydrogens (primary N) is 1. The van der Waals surface area contributed by atoms with E-state index in [4.69, 9.17) is 28.9 Å². The van der Waals surface area contributed by atoms with E-state index in [1.807, 2.05) is 0 Å². The van der Waals surface area contributed by atoms with Gasteiger partial charge in [0.1, 0.15) is 5.82 Å². The number of imidazole rings is 1. The lowest BCUT2D eigenvalue weighted by atomic mass is 10.2. The number of primary amides is 1. The van der Waals surface area contributed by atoms with E-state index in [0.717, 1.165) is 4.90 Å². The molecule has 8 heteroatoms. The Kier molecular flexibility index (Phi) is 4.42. The highest BCUT2D eigenvalue weighted by Crippen LogP contribution is 2.37. The predicted octanol–water partition coefficient (Wildman–Crippen LogP) is 4.74. The summed E-state index contributed by atoms with van der Waals surface area (Å²) in [6.45, 7) is 0. The van der Waals surface area contributed by atoms with E-state index >= 15 is 0 Å². The van der Waals surface area contributed by atoms with Gasteiger partial charge in [0.05, 0.1) is 27.6 Å². The van der Waals surface area contributed by atoms with Crippen molar-refractivity contribution in [3.05, 3.63) is 64.5 Å². The summed E-state index contributed by atoms with van der Waals surface area (Å²) in [5, 5.41) is 0.502. The number of H-pyrrole nitrogens is 1. The molecule has 0 saturated heterocycles. The van der Waals surface area contributed by atoms with E-state index < -0.39 is 6.03 Å². The highest BCUT2D eigenvalue weighted by atomic mass is 35.5. The first-order chi connectivity index (χ1) is 11.5. The number of aromatic amines is 1. The van der Waals surface area contributed by atoms with Crippen molar-refractivity contribution < 1.29 is 9.18 Å². The number of nitrogens with one attached hydrogen (secondary N) is 1. The second-order valence-electron chi connectivity index (χ2n) is 4.87. The van der Waals surface area contributed by atoms with Crippen molar-refractivity contribution in [1.82, 2.24) is 9.97 Å². The van der Waals surface area contributed by atoms with Crippen LogP contribution >= 0.6 is 23.2 Å². The first-order valence-electron chi connectivity index (χ1n) is 6.82. The Labute approximate surface area is 146 Å². The molecule has 0 radical (unpaired) electrons. The van der Waals surface area contributed by atoms with Gasteiger partial charge in [0.25, 0.3) is 0 Å². The number of aromatic nitrogens is 2. The standard InChI is InChI=1S/C16H11Cl2FN4O/c17-11-2-1-3-12(18)14(11)23(15(20)24)16-21-8-13(22-16)9-4-6-10(19)7-5-9/h1-8H,(H2,20,24)(H,21,22). The van der Waals surface area contributed by atoms with E-state index in [0.29, 0.717) is 11.3 Å². The average molecular weight is 365 g/mol. The molecule has 0 saturated carbocycles. The van der Waals surface area contributed by atoms with Crippen LogP contribution in [0, 0.1) is 5.82 Å². The molecule has 2 aromatic carbocycles. The number of nitrogens with zero attached hydrogens (tertiary/aromatic N) is 2. The van der Waals surface area contributed by atoms with Crippen LogP contribution in [0.3, 0.4) is 0 Å². The van der Waals surface area contributed by atoms with Gasteiger partial charge in [0.2, 0.25) is 5.95 Å². The Hall–Kier alpha value is -2.57. The number of urea groups is 1. The van der Waals surface area contributed by atoms with Crippen molar-refractivity contribution >= 4 is 40.9 Å². The normalized spacial score (nSPS) is 10.6. The number of amides is 2. The van der Waals surface area contributed by atoms with E-state index in [2.05, 4.69) is 9.97 Å². The summed E-state index contributed by atoms with van der Waals surface area (Å²) >= 11 is 12.3. The molecule has 3 N–H and O–H groups in total. The molecule has 3 aromatic rings. The summed E-state index contributed by atoms with van der Waals surface area (Å²) in [4.78, 5) is 20.1. The van der Waals surface area contributed by atoms with Crippen LogP contribution in [0.2, 0.25) is 10.0 Å². The van der Waals surface area contributed by atoms with E-state index in [1.54, 1.807) is 30.3 Å². The van der Waals surface area contributed by atoms with Crippen molar-refractivity contribution in [3.8, 4) is 11.3 Å². The highest BCUT2D eigenvalue weighted by molar-refractivity contribution is 6.40. The zero-order chi connectivity index (χ0) is 17.3. The zero-order valence-electron chi connectivity index (χ0n) is 12.1. The lowest BCUT2D eigenvalue weighted by Crippen LogP contribution is -2.32. The fourth-order valence-electron chi connectivity index (χ4n) is 2.22. The maximum atomic E-state index is 13.0. The summed E-state index contributed by atoms with van der Waals surface area (Å²) in [6.07, 6.45) is 1.50. The molecule has 0 unspecified atom stereocenters. The minimum atomic E-state index is -0.801. The summed E-state index contributed by atoms with van der Waals surface area (Å²) < 4.78 is 13.0. The minimum Gasteiger partial charge on any atom is -0.351 e. The monoisotopic (exact) mass is 364 g/mol. The number of hydrogen-bond acceptors (Lipinski definition) is 2. The second kappa shape index (κ2) is 6.51. The van der Waals surface area contributed by atoms with Gasteiger partial charge in [-0.3, -0.25) is 0 Å². The summed E-state index contributed by atoms with van der Waals surface area (Å²) in [5.74, 6) is -0.197. The lowest BCUT2D eigenvalue weighted by Gasteiger charge is -2.20. The van der Waals surface area contributed by atoms with Crippen LogP contribution < -0.4 is 10.6 Å². The van der Waals surface area contributed by atoms with Crippen LogP contribution in [0.4, 0.5) is 20.8 Å². The molecule has 1 aromatic heterocycles. The highest BCUT2D eigenvalue weighted by Gasteiger charge is 2.23.